The number of carbonyl (C=O) groups excluding carboxylic acids is 1. The molecule has 0 N–H and O–H groups in total. The summed E-state index contributed by atoms with van der Waals surface area (Å²) in [5.74, 6) is 0. The summed E-state index contributed by atoms with van der Waals surface area (Å²) in [7, 11) is 0. The Morgan fingerprint density at radius 2 is 2.54 bits per heavy atom. The van der Waals surface area contributed by atoms with Gasteiger partial charge in [-0.15, -0.1) is 0 Å². The summed E-state index contributed by atoms with van der Waals surface area (Å²) in [5.41, 5.74) is 3.14. The lowest BCUT2D eigenvalue weighted by atomic mass is 10.2. The van der Waals surface area contributed by atoms with Gasteiger partial charge in [-0.3, -0.25) is 4.79 Å². The van der Waals surface area contributed by atoms with Gasteiger partial charge in [-0.25, -0.2) is 9.50 Å². The first-order valence-electron chi connectivity index (χ1n) is 4.13. The molecule has 2 rings (SSSR count). The average Bonchev–Trinajstić information content (AvgIpc) is 2.64. The largest absolute Gasteiger partial charge is 0.296 e. The van der Waals surface area contributed by atoms with Crippen LogP contribution >= 0.6 is 11.3 Å². The number of nitrogens with zero attached hydrogens (tertiary/aromatic N) is 3. The molecule has 4 nitrogen and oxygen atoms in total. The van der Waals surface area contributed by atoms with Crippen LogP contribution in [-0.4, -0.2) is 20.9 Å². The molecule has 68 valence electrons. The van der Waals surface area contributed by atoms with Crippen LogP contribution in [0.5, 0.6) is 0 Å². The van der Waals surface area contributed by atoms with E-state index in [1.807, 2.05) is 0 Å². The summed E-state index contributed by atoms with van der Waals surface area (Å²) in [5, 5.41) is 4.03. The Labute approximate surface area is 79.2 Å². The molecule has 0 saturated carbocycles. The second-order valence-electron chi connectivity index (χ2n) is 2.74. The van der Waals surface area contributed by atoms with Crippen molar-refractivity contribution < 1.29 is 4.79 Å². The maximum absolute atomic E-state index is 10.8. The van der Waals surface area contributed by atoms with E-state index < -0.39 is 0 Å². The molecule has 0 aromatic carbocycles. The summed E-state index contributed by atoms with van der Waals surface area (Å²) in [4.78, 5) is 15.9. The predicted molar refractivity (Wildman–Crippen MR) is 50.2 cm³/mol. The van der Waals surface area contributed by atoms with E-state index in [1.54, 1.807) is 10.0 Å². The van der Waals surface area contributed by atoms with E-state index in [9.17, 15) is 4.79 Å². The van der Waals surface area contributed by atoms with Crippen LogP contribution in [0.3, 0.4) is 0 Å². The zero-order valence-corrected chi connectivity index (χ0v) is 8.04. The Bertz CT molecular complexity index is 431. The topological polar surface area (TPSA) is 47.3 Å². The Kier molecular flexibility index (Phi) is 2.10. The van der Waals surface area contributed by atoms with Crippen molar-refractivity contribution in [1.29, 1.82) is 0 Å². The molecule has 0 aliphatic rings. The summed E-state index contributed by atoms with van der Waals surface area (Å²) < 4.78 is 1.60. The van der Waals surface area contributed by atoms with Crippen LogP contribution in [0.15, 0.2) is 5.51 Å². The molecule has 0 aliphatic heterocycles. The van der Waals surface area contributed by atoms with E-state index in [0.29, 0.717) is 5.69 Å². The molecular weight excluding hydrogens is 186 g/mol. The molecule has 0 amide bonds. The lowest BCUT2D eigenvalue weighted by Crippen LogP contribution is -1.95. The quantitative estimate of drug-likeness (QED) is 0.698. The normalized spacial score (nSPS) is 10.8. The molecule has 2 aromatic rings. The Morgan fingerprint density at radius 1 is 1.69 bits per heavy atom. The SMILES string of the molecule is CCCc1nc2scnn2c1C=O. The fourth-order valence-corrected chi connectivity index (χ4v) is 1.93. The smallest absolute Gasteiger partial charge is 0.212 e. The molecule has 0 aliphatic carbocycles. The van der Waals surface area contributed by atoms with Gasteiger partial charge >= 0.3 is 0 Å². The van der Waals surface area contributed by atoms with Crippen molar-refractivity contribution in [2.75, 3.05) is 0 Å². The summed E-state index contributed by atoms with van der Waals surface area (Å²) in [6.45, 7) is 2.06. The molecule has 0 radical (unpaired) electrons. The van der Waals surface area contributed by atoms with E-state index in [4.69, 9.17) is 0 Å². The standard InChI is InChI=1S/C8H9N3OS/c1-2-3-6-7(4-12)11-8(10-6)13-5-9-11/h4-5H,2-3H2,1H3. The lowest BCUT2D eigenvalue weighted by Gasteiger charge is -1.91. The molecule has 13 heavy (non-hydrogen) atoms. The maximum Gasteiger partial charge on any atom is 0.212 e. The highest BCUT2D eigenvalue weighted by atomic mass is 32.1. The van der Waals surface area contributed by atoms with Crippen LogP contribution in [0.1, 0.15) is 29.5 Å². The number of aldehydes is 1. The van der Waals surface area contributed by atoms with Gasteiger partial charge in [0.15, 0.2) is 6.29 Å². The summed E-state index contributed by atoms with van der Waals surface area (Å²) in [6, 6.07) is 0. The molecular formula is C8H9N3OS. The van der Waals surface area contributed by atoms with Crippen molar-refractivity contribution in [3.8, 4) is 0 Å². The highest BCUT2D eigenvalue weighted by Gasteiger charge is 2.11. The Morgan fingerprint density at radius 3 is 3.23 bits per heavy atom. The Hall–Kier alpha value is -1.23. The summed E-state index contributed by atoms with van der Waals surface area (Å²) >= 11 is 1.45. The molecule has 0 unspecified atom stereocenters. The average molecular weight is 195 g/mol. The second kappa shape index (κ2) is 3.26. The number of carbonyl (C=O) groups is 1. The number of aromatic nitrogens is 3. The Balaban J connectivity index is 2.60. The van der Waals surface area contributed by atoms with Crippen LogP contribution in [0.4, 0.5) is 0 Å². The first-order valence-corrected chi connectivity index (χ1v) is 5.01. The second-order valence-corrected chi connectivity index (χ2v) is 3.56. The number of aryl methyl sites for hydroxylation is 1. The van der Waals surface area contributed by atoms with Crippen LogP contribution in [-0.2, 0) is 6.42 Å². The van der Waals surface area contributed by atoms with E-state index in [-0.39, 0.29) is 0 Å². The molecule has 0 bridgehead atoms. The number of hydrogen-bond acceptors (Lipinski definition) is 4. The molecule has 5 heteroatoms. The van der Waals surface area contributed by atoms with Gasteiger partial charge in [0, 0.05) is 0 Å². The predicted octanol–water partition coefficient (Wildman–Crippen LogP) is 1.56. The van der Waals surface area contributed by atoms with Crippen LogP contribution in [0.2, 0.25) is 0 Å². The van der Waals surface area contributed by atoms with E-state index in [1.165, 1.54) is 11.3 Å². The van der Waals surface area contributed by atoms with Gasteiger partial charge < -0.3 is 0 Å². The van der Waals surface area contributed by atoms with Gasteiger partial charge in [0.25, 0.3) is 0 Å². The van der Waals surface area contributed by atoms with Gasteiger partial charge in [-0.1, -0.05) is 24.7 Å². The van der Waals surface area contributed by atoms with Gasteiger partial charge in [-0.05, 0) is 6.42 Å². The number of fused-ring (bicyclic) bond motifs is 1. The maximum atomic E-state index is 10.8. The third-order valence-corrected chi connectivity index (χ3v) is 2.53. The third-order valence-electron chi connectivity index (χ3n) is 1.85. The van der Waals surface area contributed by atoms with E-state index in [2.05, 4.69) is 17.0 Å². The lowest BCUT2D eigenvalue weighted by molar-refractivity contribution is 0.111. The van der Waals surface area contributed by atoms with Crippen molar-refractivity contribution in [1.82, 2.24) is 14.6 Å². The summed E-state index contributed by atoms with van der Waals surface area (Å²) in [6.07, 6.45) is 2.65. The molecule has 0 saturated heterocycles. The van der Waals surface area contributed by atoms with Gasteiger partial charge in [0.1, 0.15) is 11.2 Å². The van der Waals surface area contributed by atoms with Crippen molar-refractivity contribution >= 4 is 22.6 Å². The zero-order valence-electron chi connectivity index (χ0n) is 7.23. The third kappa shape index (κ3) is 1.25. The van der Waals surface area contributed by atoms with Gasteiger partial charge in [-0.2, -0.15) is 5.10 Å². The van der Waals surface area contributed by atoms with E-state index >= 15 is 0 Å². The minimum atomic E-state index is 0.595. The molecule has 2 heterocycles. The van der Waals surface area contributed by atoms with E-state index in [0.717, 1.165) is 29.8 Å². The van der Waals surface area contributed by atoms with Crippen LogP contribution in [0.25, 0.3) is 4.96 Å². The molecule has 0 atom stereocenters. The van der Waals surface area contributed by atoms with Crippen molar-refractivity contribution in [2.45, 2.75) is 19.8 Å². The van der Waals surface area contributed by atoms with Crippen molar-refractivity contribution in [2.24, 2.45) is 0 Å². The van der Waals surface area contributed by atoms with Crippen molar-refractivity contribution in [3.63, 3.8) is 0 Å². The zero-order chi connectivity index (χ0) is 9.26. The number of rotatable bonds is 3. The number of hydrogen-bond donors (Lipinski definition) is 0. The van der Waals surface area contributed by atoms with Crippen LogP contribution in [0, 0.1) is 0 Å². The fraction of sp³-hybridized carbons (Fsp3) is 0.375. The fourth-order valence-electron chi connectivity index (χ4n) is 1.29. The molecule has 0 fully saturated rings. The minimum Gasteiger partial charge on any atom is -0.296 e. The van der Waals surface area contributed by atoms with Gasteiger partial charge in [0.2, 0.25) is 4.96 Å². The molecule has 0 spiro atoms. The molecule has 2 aromatic heterocycles. The number of imidazole rings is 1. The van der Waals surface area contributed by atoms with Gasteiger partial charge in [0.05, 0.1) is 5.69 Å². The monoisotopic (exact) mass is 195 g/mol. The first kappa shape index (κ1) is 8.37. The van der Waals surface area contributed by atoms with Crippen molar-refractivity contribution in [3.05, 3.63) is 16.9 Å². The minimum absolute atomic E-state index is 0.595. The highest BCUT2D eigenvalue weighted by Crippen LogP contribution is 2.14. The first-order chi connectivity index (χ1) is 6.36. The van der Waals surface area contributed by atoms with Crippen LogP contribution < -0.4 is 0 Å². The highest BCUT2D eigenvalue weighted by molar-refractivity contribution is 7.14.